The molecule has 1 unspecified atom stereocenters. The van der Waals surface area contributed by atoms with E-state index in [1.165, 1.54) is 5.56 Å². The van der Waals surface area contributed by atoms with Crippen LogP contribution in [0, 0.1) is 0 Å². The predicted molar refractivity (Wildman–Crippen MR) is 114 cm³/mol. The van der Waals surface area contributed by atoms with E-state index in [1.54, 1.807) is 0 Å². The zero-order valence-electron chi connectivity index (χ0n) is 16.7. The molecule has 1 amide bonds. The van der Waals surface area contributed by atoms with Gasteiger partial charge in [0.1, 0.15) is 0 Å². The summed E-state index contributed by atoms with van der Waals surface area (Å²) in [4.78, 5) is 21.8. The van der Waals surface area contributed by atoms with Crippen LogP contribution in [0.2, 0.25) is 5.02 Å². The van der Waals surface area contributed by atoms with Crippen LogP contribution in [0.4, 0.5) is 0 Å². The molecule has 2 saturated heterocycles. The number of halogens is 1. The first-order valence-corrected chi connectivity index (χ1v) is 10.8. The standard InChI is InChI=1S/C23H28ClN3O2/c24-20-8-6-18(7-9-20)15-21-4-1-5-22(25-21)19-3-2-10-26(16-19)17-23(28)27-11-13-29-14-12-27/h1,4-9,19H,2-3,10-17H2. The Morgan fingerprint density at radius 2 is 1.90 bits per heavy atom. The molecule has 0 bridgehead atoms. The van der Waals surface area contributed by atoms with Crippen LogP contribution < -0.4 is 0 Å². The lowest BCUT2D eigenvalue weighted by atomic mass is 9.94. The van der Waals surface area contributed by atoms with Crippen LogP contribution in [-0.4, -0.2) is 66.6 Å². The average Bonchev–Trinajstić information content (AvgIpc) is 2.76. The van der Waals surface area contributed by atoms with Crippen molar-refractivity contribution in [3.63, 3.8) is 0 Å². The van der Waals surface area contributed by atoms with Crippen molar-refractivity contribution in [2.75, 3.05) is 45.9 Å². The van der Waals surface area contributed by atoms with Gasteiger partial charge in [0.2, 0.25) is 5.91 Å². The number of nitrogens with zero attached hydrogens (tertiary/aromatic N) is 3. The fourth-order valence-electron chi connectivity index (χ4n) is 4.18. The van der Waals surface area contributed by atoms with Crippen molar-refractivity contribution in [1.29, 1.82) is 0 Å². The largest absolute Gasteiger partial charge is 0.378 e. The fraction of sp³-hybridized carbons (Fsp3) is 0.478. The molecule has 1 aromatic heterocycles. The molecule has 0 saturated carbocycles. The summed E-state index contributed by atoms with van der Waals surface area (Å²) in [6.45, 7) is 5.11. The molecule has 3 heterocycles. The highest BCUT2D eigenvalue weighted by Gasteiger charge is 2.26. The molecule has 0 N–H and O–H groups in total. The third-order valence-corrected chi connectivity index (χ3v) is 6.03. The number of morpholine rings is 1. The highest BCUT2D eigenvalue weighted by Crippen LogP contribution is 2.26. The summed E-state index contributed by atoms with van der Waals surface area (Å²) in [7, 11) is 0. The van der Waals surface area contributed by atoms with Crippen molar-refractivity contribution in [3.8, 4) is 0 Å². The molecular weight excluding hydrogens is 386 g/mol. The summed E-state index contributed by atoms with van der Waals surface area (Å²) in [6.07, 6.45) is 3.03. The van der Waals surface area contributed by atoms with Crippen molar-refractivity contribution in [3.05, 3.63) is 64.4 Å². The Morgan fingerprint density at radius 3 is 2.69 bits per heavy atom. The van der Waals surface area contributed by atoms with Crippen LogP contribution >= 0.6 is 11.6 Å². The summed E-state index contributed by atoms with van der Waals surface area (Å²) in [5.74, 6) is 0.602. The van der Waals surface area contributed by atoms with Crippen LogP contribution in [0.3, 0.4) is 0 Å². The van der Waals surface area contributed by atoms with Crippen LogP contribution in [-0.2, 0) is 16.0 Å². The van der Waals surface area contributed by atoms with E-state index in [-0.39, 0.29) is 5.91 Å². The molecule has 4 rings (SSSR count). The number of carbonyl (C=O) groups excluding carboxylic acids is 1. The minimum Gasteiger partial charge on any atom is -0.378 e. The van der Waals surface area contributed by atoms with E-state index >= 15 is 0 Å². The van der Waals surface area contributed by atoms with Gasteiger partial charge < -0.3 is 9.64 Å². The Morgan fingerprint density at radius 1 is 1.10 bits per heavy atom. The average molecular weight is 414 g/mol. The van der Waals surface area contributed by atoms with Crippen molar-refractivity contribution in [2.24, 2.45) is 0 Å². The minimum atomic E-state index is 0.221. The van der Waals surface area contributed by atoms with Crippen LogP contribution in [0.5, 0.6) is 0 Å². The Bertz CT molecular complexity index is 821. The zero-order chi connectivity index (χ0) is 20.1. The van der Waals surface area contributed by atoms with E-state index in [4.69, 9.17) is 21.3 Å². The second-order valence-corrected chi connectivity index (χ2v) is 8.36. The second-order valence-electron chi connectivity index (χ2n) is 7.92. The number of hydrogen-bond acceptors (Lipinski definition) is 4. The van der Waals surface area contributed by atoms with Gasteiger partial charge in [0.15, 0.2) is 0 Å². The first kappa shape index (κ1) is 20.3. The predicted octanol–water partition coefficient (Wildman–Crippen LogP) is 3.36. The van der Waals surface area contributed by atoms with E-state index in [0.29, 0.717) is 38.8 Å². The van der Waals surface area contributed by atoms with Crippen LogP contribution in [0.15, 0.2) is 42.5 Å². The van der Waals surface area contributed by atoms with E-state index < -0.39 is 0 Å². The molecule has 1 atom stereocenters. The maximum atomic E-state index is 12.6. The lowest BCUT2D eigenvalue weighted by Gasteiger charge is -2.34. The number of amides is 1. The van der Waals surface area contributed by atoms with Gasteiger partial charge >= 0.3 is 0 Å². The van der Waals surface area contributed by atoms with E-state index in [9.17, 15) is 4.79 Å². The van der Waals surface area contributed by atoms with Crippen LogP contribution in [0.1, 0.15) is 35.7 Å². The number of ether oxygens (including phenoxy) is 1. The Kier molecular flexibility index (Phi) is 6.80. The highest BCUT2D eigenvalue weighted by molar-refractivity contribution is 6.30. The molecule has 2 aliphatic rings. The monoisotopic (exact) mass is 413 g/mol. The number of aromatic nitrogens is 1. The lowest BCUT2D eigenvalue weighted by molar-refractivity contribution is -0.136. The fourth-order valence-corrected chi connectivity index (χ4v) is 4.31. The number of pyridine rings is 1. The quantitative estimate of drug-likeness (QED) is 0.754. The van der Waals surface area contributed by atoms with Gasteiger partial charge in [0, 0.05) is 48.4 Å². The lowest BCUT2D eigenvalue weighted by Crippen LogP contribution is -2.47. The minimum absolute atomic E-state index is 0.221. The Hall–Kier alpha value is -1.95. The smallest absolute Gasteiger partial charge is 0.236 e. The van der Waals surface area contributed by atoms with Gasteiger partial charge in [-0.25, -0.2) is 0 Å². The summed E-state index contributed by atoms with van der Waals surface area (Å²) >= 11 is 5.99. The van der Waals surface area contributed by atoms with Gasteiger partial charge in [-0.05, 0) is 49.2 Å². The maximum absolute atomic E-state index is 12.6. The first-order valence-electron chi connectivity index (χ1n) is 10.5. The van der Waals surface area contributed by atoms with Crippen LogP contribution in [0.25, 0.3) is 0 Å². The Balaban J connectivity index is 1.37. The summed E-state index contributed by atoms with van der Waals surface area (Å²) in [5.41, 5.74) is 3.42. The first-order chi connectivity index (χ1) is 14.2. The second kappa shape index (κ2) is 9.70. The molecule has 2 aliphatic heterocycles. The number of rotatable bonds is 5. The van der Waals surface area contributed by atoms with Crippen molar-refractivity contribution < 1.29 is 9.53 Å². The van der Waals surface area contributed by atoms with Gasteiger partial charge in [-0.1, -0.05) is 29.8 Å². The van der Waals surface area contributed by atoms with Gasteiger partial charge in [-0.3, -0.25) is 14.7 Å². The maximum Gasteiger partial charge on any atom is 0.236 e. The third kappa shape index (κ3) is 5.56. The zero-order valence-corrected chi connectivity index (χ0v) is 17.5. The third-order valence-electron chi connectivity index (χ3n) is 5.77. The highest BCUT2D eigenvalue weighted by atomic mass is 35.5. The molecule has 154 valence electrons. The number of carbonyl (C=O) groups is 1. The summed E-state index contributed by atoms with van der Waals surface area (Å²) in [5, 5.41) is 0.754. The molecule has 0 radical (unpaired) electrons. The molecular formula is C23H28ClN3O2. The molecule has 29 heavy (non-hydrogen) atoms. The van der Waals surface area contributed by atoms with Gasteiger partial charge in [-0.2, -0.15) is 0 Å². The molecule has 1 aromatic carbocycles. The van der Waals surface area contributed by atoms with Crippen molar-refractivity contribution in [1.82, 2.24) is 14.8 Å². The van der Waals surface area contributed by atoms with Gasteiger partial charge in [-0.15, -0.1) is 0 Å². The SMILES string of the molecule is O=C(CN1CCCC(c2cccc(Cc3ccc(Cl)cc3)n2)C1)N1CCOCC1. The number of hydrogen-bond donors (Lipinski definition) is 0. The number of likely N-dealkylation sites (tertiary alicyclic amines) is 1. The van der Waals surface area contributed by atoms with Gasteiger partial charge in [0.05, 0.1) is 19.8 Å². The van der Waals surface area contributed by atoms with E-state index in [0.717, 1.165) is 48.8 Å². The topological polar surface area (TPSA) is 45.7 Å². The van der Waals surface area contributed by atoms with Crippen molar-refractivity contribution in [2.45, 2.75) is 25.2 Å². The molecule has 0 aliphatic carbocycles. The van der Waals surface area contributed by atoms with E-state index in [2.05, 4.69) is 35.2 Å². The number of benzene rings is 1. The normalized spacial score (nSPS) is 20.6. The molecule has 2 fully saturated rings. The Labute approximate surface area is 177 Å². The summed E-state index contributed by atoms with van der Waals surface area (Å²) < 4.78 is 5.35. The molecule has 2 aromatic rings. The molecule has 0 spiro atoms. The van der Waals surface area contributed by atoms with Gasteiger partial charge in [0.25, 0.3) is 0 Å². The number of piperidine rings is 1. The molecule has 5 nitrogen and oxygen atoms in total. The van der Waals surface area contributed by atoms with E-state index in [1.807, 2.05) is 17.0 Å². The summed E-state index contributed by atoms with van der Waals surface area (Å²) in [6, 6.07) is 14.3. The van der Waals surface area contributed by atoms with Crippen molar-refractivity contribution >= 4 is 17.5 Å². The molecule has 6 heteroatoms.